The number of ether oxygens (including phenoxy) is 1. The number of aromatic nitrogens is 1. The van der Waals surface area contributed by atoms with E-state index in [-0.39, 0.29) is 11.4 Å². The summed E-state index contributed by atoms with van der Waals surface area (Å²) in [5, 5.41) is 8.58. The van der Waals surface area contributed by atoms with Gasteiger partial charge >= 0.3 is 0 Å². The molecule has 0 bridgehead atoms. The molecule has 0 aliphatic heterocycles. The number of halogens is 1. The van der Waals surface area contributed by atoms with Gasteiger partial charge in [0.2, 0.25) is 0 Å². The maximum absolute atomic E-state index is 13.4. The summed E-state index contributed by atoms with van der Waals surface area (Å²) in [6.45, 7) is 1.81. The summed E-state index contributed by atoms with van der Waals surface area (Å²) in [4.78, 5) is 3.77. The van der Waals surface area contributed by atoms with E-state index in [1.54, 1.807) is 6.07 Å². The SMILES string of the molecule is CCc1cnc(C#N)c(OC)c1F. The molecule has 0 fully saturated rings. The summed E-state index contributed by atoms with van der Waals surface area (Å²) in [7, 11) is 1.32. The summed E-state index contributed by atoms with van der Waals surface area (Å²) in [5.41, 5.74) is 0.438. The highest BCUT2D eigenvalue weighted by Gasteiger charge is 2.13. The number of pyridine rings is 1. The minimum atomic E-state index is -0.489. The van der Waals surface area contributed by atoms with Crippen LogP contribution in [0.2, 0.25) is 0 Å². The topological polar surface area (TPSA) is 45.9 Å². The van der Waals surface area contributed by atoms with Gasteiger partial charge in [-0.25, -0.2) is 9.37 Å². The molecule has 1 rings (SSSR count). The predicted molar refractivity (Wildman–Crippen MR) is 44.8 cm³/mol. The van der Waals surface area contributed by atoms with Gasteiger partial charge in [-0.05, 0) is 6.42 Å². The molecule has 0 aromatic carbocycles. The molecule has 1 heterocycles. The molecule has 0 atom stereocenters. The molecular weight excluding hydrogens is 171 g/mol. The number of nitrogens with zero attached hydrogens (tertiary/aromatic N) is 2. The lowest BCUT2D eigenvalue weighted by Gasteiger charge is -2.05. The first kappa shape index (κ1) is 9.46. The van der Waals surface area contributed by atoms with Gasteiger partial charge in [-0.3, -0.25) is 0 Å². The average Bonchev–Trinajstić information content (AvgIpc) is 2.17. The molecule has 0 amide bonds. The van der Waals surface area contributed by atoms with Crippen LogP contribution in [0.3, 0.4) is 0 Å². The highest BCUT2D eigenvalue weighted by atomic mass is 19.1. The maximum Gasteiger partial charge on any atom is 0.191 e. The number of nitriles is 1. The Labute approximate surface area is 75.8 Å². The van der Waals surface area contributed by atoms with Crippen molar-refractivity contribution < 1.29 is 9.13 Å². The molecule has 0 saturated heterocycles. The van der Waals surface area contributed by atoms with E-state index in [1.807, 2.05) is 6.92 Å². The molecule has 0 N–H and O–H groups in total. The normalized spacial score (nSPS) is 9.38. The Morgan fingerprint density at radius 2 is 2.38 bits per heavy atom. The second kappa shape index (κ2) is 3.85. The maximum atomic E-state index is 13.4. The van der Waals surface area contributed by atoms with Crippen molar-refractivity contribution in [2.45, 2.75) is 13.3 Å². The van der Waals surface area contributed by atoms with Crippen LogP contribution >= 0.6 is 0 Å². The Morgan fingerprint density at radius 3 is 2.85 bits per heavy atom. The molecule has 0 radical (unpaired) electrons. The summed E-state index contributed by atoms with van der Waals surface area (Å²) in [5.74, 6) is -0.557. The summed E-state index contributed by atoms with van der Waals surface area (Å²) in [6, 6.07) is 1.76. The van der Waals surface area contributed by atoms with Crippen molar-refractivity contribution in [3.05, 3.63) is 23.3 Å². The number of hydrogen-bond acceptors (Lipinski definition) is 3. The summed E-state index contributed by atoms with van der Waals surface area (Å²) < 4.78 is 18.2. The van der Waals surface area contributed by atoms with Crippen molar-refractivity contribution in [3.8, 4) is 11.8 Å². The van der Waals surface area contributed by atoms with E-state index < -0.39 is 5.82 Å². The molecule has 0 aliphatic rings. The van der Waals surface area contributed by atoms with Crippen molar-refractivity contribution in [1.29, 1.82) is 5.26 Å². The van der Waals surface area contributed by atoms with Crippen molar-refractivity contribution >= 4 is 0 Å². The molecule has 0 saturated carbocycles. The third kappa shape index (κ3) is 1.59. The van der Waals surface area contributed by atoms with Gasteiger partial charge in [0.15, 0.2) is 17.3 Å². The zero-order valence-corrected chi connectivity index (χ0v) is 7.47. The molecule has 0 spiro atoms. The third-order valence-corrected chi connectivity index (χ3v) is 1.74. The van der Waals surface area contributed by atoms with E-state index in [0.29, 0.717) is 12.0 Å². The van der Waals surface area contributed by atoms with Crippen molar-refractivity contribution in [1.82, 2.24) is 4.98 Å². The first-order valence-corrected chi connectivity index (χ1v) is 3.86. The average molecular weight is 180 g/mol. The second-order valence-electron chi connectivity index (χ2n) is 2.44. The van der Waals surface area contributed by atoms with E-state index in [1.165, 1.54) is 13.3 Å². The molecule has 3 nitrogen and oxygen atoms in total. The zero-order valence-electron chi connectivity index (χ0n) is 7.47. The van der Waals surface area contributed by atoms with Crippen LogP contribution in [0.15, 0.2) is 6.20 Å². The van der Waals surface area contributed by atoms with Crippen LogP contribution in [-0.4, -0.2) is 12.1 Å². The fourth-order valence-electron chi connectivity index (χ4n) is 1.02. The Hall–Kier alpha value is -1.63. The quantitative estimate of drug-likeness (QED) is 0.695. The molecule has 4 heteroatoms. The van der Waals surface area contributed by atoms with Crippen molar-refractivity contribution in [3.63, 3.8) is 0 Å². The van der Waals surface area contributed by atoms with Crippen LogP contribution in [0, 0.1) is 17.1 Å². The molecule has 13 heavy (non-hydrogen) atoms. The largest absolute Gasteiger partial charge is 0.491 e. The summed E-state index contributed by atoms with van der Waals surface area (Å²) in [6.07, 6.45) is 1.89. The highest BCUT2D eigenvalue weighted by Crippen LogP contribution is 2.22. The Balaban J connectivity index is 3.34. The van der Waals surface area contributed by atoms with Gasteiger partial charge < -0.3 is 4.74 Å². The Bertz CT molecular complexity index is 357. The molecule has 0 unspecified atom stereocenters. The van der Waals surface area contributed by atoms with E-state index in [9.17, 15) is 4.39 Å². The van der Waals surface area contributed by atoms with Crippen LogP contribution in [-0.2, 0) is 6.42 Å². The molecule has 1 aromatic rings. The number of aryl methyl sites for hydroxylation is 1. The minimum Gasteiger partial charge on any atom is -0.491 e. The molecular formula is C9H9FN2O. The van der Waals surface area contributed by atoms with Gasteiger partial charge in [0.05, 0.1) is 7.11 Å². The molecule has 0 aliphatic carbocycles. The van der Waals surface area contributed by atoms with Gasteiger partial charge in [0, 0.05) is 11.8 Å². The Kier molecular flexibility index (Phi) is 2.80. The first-order valence-electron chi connectivity index (χ1n) is 3.86. The fraction of sp³-hybridized carbons (Fsp3) is 0.333. The van der Waals surface area contributed by atoms with Gasteiger partial charge in [-0.2, -0.15) is 5.26 Å². The zero-order chi connectivity index (χ0) is 9.84. The van der Waals surface area contributed by atoms with Crippen LogP contribution in [0.4, 0.5) is 4.39 Å². The monoisotopic (exact) mass is 180 g/mol. The van der Waals surface area contributed by atoms with Crippen molar-refractivity contribution in [2.75, 3.05) is 7.11 Å². The molecule has 68 valence electrons. The summed E-state index contributed by atoms with van der Waals surface area (Å²) >= 11 is 0. The van der Waals surface area contributed by atoms with Gasteiger partial charge in [0.1, 0.15) is 6.07 Å². The standard InChI is InChI=1S/C9H9FN2O/c1-3-6-5-12-7(4-11)9(13-2)8(6)10/h5H,3H2,1-2H3. The van der Waals surface area contributed by atoms with Crippen LogP contribution in [0.1, 0.15) is 18.2 Å². The van der Waals surface area contributed by atoms with E-state index >= 15 is 0 Å². The number of rotatable bonds is 2. The number of hydrogen-bond donors (Lipinski definition) is 0. The lowest BCUT2D eigenvalue weighted by Crippen LogP contribution is -1.99. The van der Waals surface area contributed by atoms with Gasteiger partial charge in [0.25, 0.3) is 0 Å². The Morgan fingerprint density at radius 1 is 1.69 bits per heavy atom. The lowest BCUT2D eigenvalue weighted by atomic mass is 10.2. The second-order valence-corrected chi connectivity index (χ2v) is 2.44. The van der Waals surface area contributed by atoms with Crippen LogP contribution in [0.5, 0.6) is 5.75 Å². The van der Waals surface area contributed by atoms with Gasteiger partial charge in [-0.1, -0.05) is 6.92 Å². The van der Waals surface area contributed by atoms with Gasteiger partial charge in [-0.15, -0.1) is 0 Å². The van der Waals surface area contributed by atoms with E-state index in [4.69, 9.17) is 10.00 Å². The van der Waals surface area contributed by atoms with Crippen LogP contribution in [0.25, 0.3) is 0 Å². The third-order valence-electron chi connectivity index (χ3n) is 1.74. The fourth-order valence-corrected chi connectivity index (χ4v) is 1.02. The number of methoxy groups -OCH3 is 1. The smallest absolute Gasteiger partial charge is 0.191 e. The first-order chi connectivity index (χ1) is 6.24. The van der Waals surface area contributed by atoms with E-state index in [0.717, 1.165) is 0 Å². The van der Waals surface area contributed by atoms with Crippen LogP contribution < -0.4 is 4.74 Å². The lowest BCUT2D eigenvalue weighted by molar-refractivity contribution is 0.380. The van der Waals surface area contributed by atoms with E-state index in [2.05, 4.69) is 4.98 Å². The minimum absolute atomic E-state index is 0.0165. The van der Waals surface area contributed by atoms with Crippen molar-refractivity contribution in [2.24, 2.45) is 0 Å². The molecule has 1 aromatic heterocycles. The highest BCUT2D eigenvalue weighted by molar-refractivity contribution is 5.40. The predicted octanol–water partition coefficient (Wildman–Crippen LogP) is 1.66.